The Bertz CT molecular complexity index is 1190. The average molecular weight is 547 g/mol. The van der Waals surface area contributed by atoms with Gasteiger partial charge in [0.25, 0.3) is 0 Å². The van der Waals surface area contributed by atoms with Crippen LogP contribution in [0.25, 0.3) is 0 Å². The van der Waals surface area contributed by atoms with Crippen molar-refractivity contribution in [2.75, 3.05) is 26.2 Å². The van der Waals surface area contributed by atoms with E-state index < -0.39 is 9.84 Å². The summed E-state index contributed by atoms with van der Waals surface area (Å²) >= 11 is 0. The van der Waals surface area contributed by atoms with E-state index >= 15 is 0 Å². The topological polar surface area (TPSA) is 65.3 Å². The molecule has 2 aromatic rings. The number of hydrogen-bond donors (Lipinski definition) is 0. The number of benzene rings is 2. The number of nitrogens with zero attached hydrogens (tertiary/aromatic N) is 4. The fourth-order valence-corrected chi connectivity index (χ4v) is 8.43. The molecule has 4 bridgehead atoms. The molecule has 4 aliphatic heterocycles. The highest BCUT2D eigenvalue weighted by molar-refractivity contribution is 7.91. The molecule has 6 fully saturated rings. The average Bonchev–Trinajstić information content (AvgIpc) is 3.46. The van der Waals surface area contributed by atoms with E-state index in [2.05, 4.69) is 23.6 Å². The van der Waals surface area contributed by atoms with E-state index in [9.17, 15) is 8.42 Å². The van der Waals surface area contributed by atoms with Crippen molar-refractivity contribution in [2.24, 2.45) is 33.7 Å². The van der Waals surface area contributed by atoms with E-state index in [4.69, 9.17) is 9.98 Å². The van der Waals surface area contributed by atoms with Crippen molar-refractivity contribution in [2.45, 2.75) is 75.0 Å². The molecule has 0 atom stereocenters. The van der Waals surface area contributed by atoms with Gasteiger partial charge in [0.15, 0.2) is 0 Å². The molecular weight excluding hydrogens is 504 g/mol. The first kappa shape index (κ1) is 26.5. The van der Waals surface area contributed by atoms with Gasteiger partial charge in [-0.1, -0.05) is 0 Å². The summed E-state index contributed by atoms with van der Waals surface area (Å²) in [7, 11) is -3.61. The summed E-state index contributed by atoms with van der Waals surface area (Å²) < 4.78 is 26.7. The molecule has 4 saturated heterocycles. The van der Waals surface area contributed by atoms with Crippen molar-refractivity contribution in [3.63, 3.8) is 0 Å². The van der Waals surface area contributed by atoms with Gasteiger partial charge < -0.3 is 9.80 Å². The Hall–Kier alpha value is -2.67. The minimum atomic E-state index is -3.61. The SMILES string of the molecule is CC(=Nc1ccc(S(=O)(=O)c2ccc(N=C(C)N3CC4CCC(CC4)C3)cc2)cc1)N1CC2CCC(CC2)C1. The van der Waals surface area contributed by atoms with Crippen LogP contribution in [0.5, 0.6) is 0 Å². The second-order valence-electron chi connectivity index (χ2n) is 12.4. The first-order valence-corrected chi connectivity index (χ1v) is 16.4. The summed E-state index contributed by atoms with van der Waals surface area (Å²) in [5.41, 5.74) is 1.59. The maximum Gasteiger partial charge on any atom is 0.206 e. The fraction of sp³-hybridized carbons (Fsp3) is 0.562. The highest BCUT2D eigenvalue weighted by Crippen LogP contribution is 2.35. The molecule has 2 saturated carbocycles. The van der Waals surface area contributed by atoms with Gasteiger partial charge in [-0.3, -0.25) is 0 Å². The largest absolute Gasteiger partial charge is 0.360 e. The molecule has 0 unspecified atom stereocenters. The Kier molecular flexibility index (Phi) is 7.54. The molecule has 39 heavy (non-hydrogen) atoms. The highest BCUT2D eigenvalue weighted by atomic mass is 32.2. The van der Waals surface area contributed by atoms with Gasteiger partial charge in [-0.05, 0) is 137 Å². The number of aliphatic imine (C=N–C) groups is 2. The minimum absolute atomic E-state index is 0.291. The lowest BCUT2D eigenvalue weighted by atomic mass is 9.84. The second-order valence-corrected chi connectivity index (χ2v) is 14.3. The summed E-state index contributed by atoms with van der Waals surface area (Å²) in [6.07, 6.45) is 10.7. The first-order chi connectivity index (χ1) is 18.8. The zero-order valence-electron chi connectivity index (χ0n) is 23.4. The van der Waals surface area contributed by atoms with Crippen LogP contribution in [0.1, 0.15) is 65.2 Å². The molecule has 4 heterocycles. The maximum absolute atomic E-state index is 13.3. The molecule has 2 aromatic carbocycles. The van der Waals surface area contributed by atoms with E-state index in [1.54, 1.807) is 24.3 Å². The maximum atomic E-state index is 13.3. The van der Waals surface area contributed by atoms with Crippen molar-refractivity contribution in [3.8, 4) is 0 Å². The molecule has 0 radical (unpaired) electrons. The van der Waals surface area contributed by atoms with Crippen molar-refractivity contribution in [3.05, 3.63) is 48.5 Å². The third-order valence-electron chi connectivity index (χ3n) is 9.64. The quantitative estimate of drug-likeness (QED) is 0.310. The molecule has 6 aliphatic rings. The monoisotopic (exact) mass is 546 g/mol. The van der Waals surface area contributed by atoms with Gasteiger partial charge in [0.05, 0.1) is 21.2 Å². The number of sulfone groups is 1. The van der Waals surface area contributed by atoms with Crippen LogP contribution in [0.2, 0.25) is 0 Å². The third-order valence-corrected chi connectivity index (χ3v) is 11.4. The number of rotatable bonds is 4. The smallest absolute Gasteiger partial charge is 0.206 e. The van der Waals surface area contributed by atoms with E-state index in [0.717, 1.165) is 72.9 Å². The molecular formula is C32H42N4O2S. The Morgan fingerprint density at radius 1 is 0.564 bits per heavy atom. The van der Waals surface area contributed by atoms with E-state index in [1.165, 1.54) is 51.4 Å². The molecule has 6 nitrogen and oxygen atoms in total. The summed E-state index contributed by atoms with van der Waals surface area (Å²) in [5, 5.41) is 0. The van der Waals surface area contributed by atoms with Gasteiger partial charge in [0, 0.05) is 26.2 Å². The lowest BCUT2D eigenvalue weighted by Gasteiger charge is -2.24. The van der Waals surface area contributed by atoms with Crippen LogP contribution in [0, 0.1) is 23.7 Å². The van der Waals surface area contributed by atoms with Crippen LogP contribution in [0.3, 0.4) is 0 Å². The summed E-state index contributed by atoms with van der Waals surface area (Å²) in [4.78, 5) is 15.1. The predicted molar refractivity (Wildman–Crippen MR) is 158 cm³/mol. The zero-order chi connectivity index (χ0) is 27.0. The van der Waals surface area contributed by atoms with Gasteiger partial charge in [0.2, 0.25) is 9.84 Å². The van der Waals surface area contributed by atoms with Crippen LogP contribution < -0.4 is 0 Å². The van der Waals surface area contributed by atoms with E-state index in [-0.39, 0.29) is 0 Å². The predicted octanol–water partition coefficient (Wildman–Crippen LogP) is 6.86. The van der Waals surface area contributed by atoms with Gasteiger partial charge in [0.1, 0.15) is 11.7 Å². The Labute approximate surface area is 234 Å². The summed E-state index contributed by atoms with van der Waals surface area (Å²) in [6, 6.07) is 14.0. The van der Waals surface area contributed by atoms with Gasteiger partial charge in [-0.15, -0.1) is 0 Å². The fourth-order valence-electron chi connectivity index (χ4n) is 7.17. The molecule has 2 aliphatic carbocycles. The van der Waals surface area contributed by atoms with E-state index in [1.807, 2.05) is 24.3 Å². The normalized spacial score (nSPS) is 27.9. The van der Waals surface area contributed by atoms with Crippen molar-refractivity contribution >= 4 is 32.9 Å². The minimum Gasteiger partial charge on any atom is -0.360 e. The van der Waals surface area contributed by atoms with Crippen LogP contribution in [0.15, 0.2) is 68.3 Å². The first-order valence-electron chi connectivity index (χ1n) is 14.9. The number of amidine groups is 2. The van der Waals surface area contributed by atoms with Gasteiger partial charge in [-0.2, -0.15) is 0 Å². The van der Waals surface area contributed by atoms with Gasteiger partial charge in [-0.25, -0.2) is 18.4 Å². The Morgan fingerprint density at radius 2 is 0.846 bits per heavy atom. The lowest BCUT2D eigenvalue weighted by molar-refractivity contribution is 0.326. The van der Waals surface area contributed by atoms with E-state index in [0.29, 0.717) is 9.79 Å². The third kappa shape index (κ3) is 5.93. The molecule has 0 amide bonds. The molecule has 208 valence electrons. The number of fused-ring (bicyclic) bond motifs is 8. The van der Waals surface area contributed by atoms with Crippen molar-refractivity contribution in [1.29, 1.82) is 0 Å². The van der Waals surface area contributed by atoms with Crippen LogP contribution in [0.4, 0.5) is 11.4 Å². The summed E-state index contributed by atoms with van der Waals surface area (Å²) in [5.74, 6) is 5.20. The molecule has 8 rings (SSSR count). The zero-order valence-corrected chi connectivity index (χ0v) is 24.2. The van der Waals surface area contributed by atoms with Crippen molar-refractivity contribution < 1.29 is 8.42 Å². The Morgan fingerprint density at radius 3 is 1.13 bits per heavy atom. The second kappa shape index (κ2) is 11.1. The molecule has 0 aromatic heterocycles. The van der Waals surface area contributed by atoms with Crippen LogP contribution in [-0.4, -0.2) is 56.1 Å². The van der Waals surface area contributed by atoms with Crippen LogP contribution >= 0.6 is 0 Å². The highest BCUT2D eigenvalue weighted by Gasteiger charge is 2.31. The summed E-state index contributed by atoms with van der Waals surface area (Å²) in [6.45, 7) is 8.54. The van der Waals surface area contributed by atoms with Crippen LogP contribution in [-0.2, 0) is 9.84 Å². The Balaban J connectivity index is 1.13. The van der Waals surface area contributed by atoms with Gasteiger partial charge >= 0.3 is 0 Å². The van der Waals surface area contributed by atoms with Crippen molar-refractivity contribution in [1.82, 2.24) is 9.80 Å². The number of hydrogen-bond acceptors (Lipinski definition) is 4. The lowest BCUT2D eigenvalue weighted by Crippen LogP contribution is -2.32. The molecule has 0 N–H and O–H groups in total. The standard InChI is InChI=1S/C32H42N4O2S/c1-23(35-19-25-3-4-26(20-35)6-5-25)33-29-11-15-31(16-12-29)39(37,38)32-17-13-30(14-18-32)34-24(2)36-21-27-7-8-28(22-36)10-9-27/h11-18,25-28H,3-10,19-22H2,1-2H3. The molecule has 0 spiro atoms. The molecule has 7 heteroatoms.